The third kappa shape index (κ3) is 4.13. The van der Waals surface area contributed by atoms with Gasteiger partial charge in [-0.1, -0.05) is 25.1 Å². The molecule has 0 spiro atoms. The van der Waals surface area contributed by atoms with Crippen LogP contribution in [0.3, 0.4) is 0 Å². The Morgan fingerprint density at radius 1 is 1.47 bits per heavy atom. The van der Waals surface area contributed by atoms with Crippen molar-refractivity contribution in [3.05, 3.63) is 35.6 Å². The quantitative estimate of drug-likeness (QED) is 0.885. The SMILES string of the molecule is CC(CC(=O)Cc1ccccc1F)C1CCCNC1. The Balaban J connectivity index is 1.85. The van der Waals surface area contributed by atoms with Crippen molar-refractivity contribution in [1.82, 2.24) is 5.32 Å². The van der Waals surface area contributed by atoms with Gasteiger partial charge in [0.1, 0.15) is 11.6 Å². The zero-order chi connectivity index (χ0) is 13.7. The van der Waals surface area contributed by atoms with Crippen LogP contribution >= 0.6 is 0 Å². The zero-order valence-corrected chi connectivity index (χ0v) is 11.5. The Hall–Kier alpha value is -1.22. The van der Waals surface area contributed by atoms with Gasteiger partial charge >= 0.3 is 0 Å². The summed E-state index contributed by atoms with van der Waals surface area (Å²) in [7, 11) is 0. The Kier molecular flexibility index (Phi) is 5.08. The second kappa shape index (κ2) is 6.80. The molecule has 3 heteroatoms. The van der Waals surface area contributed by atoms with Gasteiger partial charge in [0.2, 0.25) is 0 Å². The Bertz CT molecular complexity index is 427. The first kappa shape index (κ1) is 14.2. The number of rotatable bonds is 5. The van der Waals surface area contributed by atoms with Crippen LogP contribution in [-0.2, 0) is 11.2 Å². The molecule has 2 nitrogen and oxygen atoms in total. The van der Waals surface area contributed by atoms with Gasteiger partial charge in [-0.05, 0) is 49.4 Å². The van der Waals surface area contributed by atoms with Crippen molar-refractivity contribution in [3.63, 3.8) is 0 Å². The normalized spacial score (nSPS) is 21.1. The van der Waals surface area contributed by atoms with Crippen molar-refractivity contribution < 1.29 is 9.18 Å². The lowest BCUT2D eigenvalue weighted by atomic mass is 9.83. The second-order valence-corrected chi connectivity index (χ2v) is 5.59. The fourth-order valence-corrected chi connectivity index (χ4v) is 2.82. The molecule has 1 fully saturated rings. The number of halogens is 1. The third-order valence-electron chi connectivity index (χ3n) is 4.03. The van der Waals surface area contributed by atoms with Crippen LogP contribution in [0.25, 0.3) is 0 Å². The van der Waals surface area contributed by atoms with Crippen molar-refractivity contribution in [2.45, 2.75) is 32.6 Å². The Labute approximate surface area is 114 Å². The molecule has 1 aromatic carbocycles. The van der Waals surface area contributed by atoms with E-state index >= 15 is 0 Å². The lowest BCUT2D eigenvalue weighted by Gasteiger charge is -2.28. The highest BCUT2D eigenvalue weighted by Gasteiger charge is 2.22. The van der Waals surface area contributed by atoms with Crippen molar-refractivity contribution in [3.8, 4) is 0 Å². The summed E-state index contributed by atoms with van der Waals surface area (Å²) in [5.41, 5.74) is 0.515. The van der Waals surface area contributed by atoms with Gasteiger partial charge in [0.05, 0.1) is 0 Å². The second-order valence-electron chi connectivity index (χ2n) is 5.59. The summed E-state index contributed by atoms with van der Waals surface area (Å²) in [5.74, 6) is 0.830. The van der Waals surface area contributed by atoms with Crippen LogP contribution < -0.4 is 5.32 Å². The van der Waals surface area contributed by atoms with Crippen LogP contribution in [0, 0.1) is 17.7 Å². The van der Waals surface area contributed by atoms with E-state index < -0.39 is 0 Å². The fourth-order valence-electron chi connectivity index (χ4n) is 2.82. The predicted molar refractivity (Wildman–Crippen MR) is 74.5 cm³/mol. The maximum atomic E-state index is 13.5. The first-order chi connectivity index (χ1) is 9.16. The van der Waals surface area contributed by atoms with E-state index in [2.05, 4.69) is 12.2 Å². The minimum absolute atomic E-state index is 0.142. The predicted octanol–water partition coefficient (Wildman–Crippen LogP) is 2.96. The first-order valence-electron chi connectivity index (χ1n) is 7.12. The molecule has 0 aliphatic carbocycles. The van der Waals surface area contributed by atoms with E-state index in [1.807, 2.05) is 0 Å². The number of carbonyl (C=O) groups is 1. The molecule has 2 unspecified atom stereocenters. The molecule has 0 bridgehead atoms. The summed E-state index contributed by atoms with van der Waals surface area (Å²) in [6, 6.07) is 6.54. The number of ketones is 1. The first-order valence-corrected chi connectivity index (χ1v) is 7.12. The summed E-state index contributed by atoms with van der Waals surface area (Å²) in [6.07, 6.45) is 3.16. The third-order valence-corrected chi connectivity index (χ3v) is 4.03. The van der Waals surface area contributed by atoms with E-state index in [-0.39, 0.29) is 18.0 Å². The zero-order valence-electron chi connectivity index (χ0n) is 11.5. The Morgan fingerprint density at radius 3 is 2.95 bits per heavy atom. The lowest BCUT2D eigenvalue weighted by Crippen LogP contribution is -2.34. The highest BCUT2D eigenvalue weighted by atomic mass is 19.1. The van der Waals surface area contributed by atoms with Crippen molar-refractivity contribution in [1.29, 1.82) is 0 Å². The molecule has 0 aromatic heterocycles. The van der Waals surface area contributed by atoms with Crippen LogP contribution in [0.2, 0.25) is 0 Å². The molecule has 2 atom stereocenters. The number of nitrogens with one attached hydrogen (secondary N) is 1. The maximum absolute atomic E-state index is 13.5. The highest BCUT2D eigenvalue weighted by Crippen LogP contribution is 2.23. The molecule has 2 rings (SSSR count). The van der Waals surface area contributed by atoms with Crippen LogP contribution in [0.1, 0.15) is 31.7 Å². The van der Waals surface area contributed by atoms with Crippen molar-refractivity contribution in [2.24, 2.45) is 11.8 Å². The molecule has 1 heterocycles. The molecule has 1 aliphatic heterocycles. The van der Waals surface area contributed by atoms with Gasteiger partial charge in [-0.3, -0.25) is 4.79 Å². The Morgan fingerprint density at radius 2 is 2.26 bits per heavy atom. The van der Waals surface area contributed by atoms with Gasteiger partial charge in [-0.25, -0.2) is 4.39 Å². The topological polar surface area (TPSA) is 29.1 Å². The molecule has 0 radical (unpaired) electrons. The number of piperidine rings is 1. The summed E-state index contributed by atoms with van der Waals surface area (Å²) in [5, 5.41) is 3.38. The summed E-state index contributed by atoms with van der Waals surface area (Å²) in [6.45, 7) is 4.23. The van der Waals surface area contributed by atoms with Gasteiger partial charge < -0.3 is 5.32 Å². The van der Waals surface area contributed by atoms with Crippen molar-refractivity contribution in [2.75, 3.05) is 13.1 Å². The lowest BCUT2D eigenvalue weighted by molar-refractivity contribution is -0.119. The van der Waals surface area contributed by atoms with Gasteiger partial charge in [-0.15, -0.1) is 0 Å². The molecule has 104 valence electrons. The van der Waals surface area contributed by atoms with E-state index in [9.17, 15) is 9.18 Å². The van der Waals surface area contributed by atoms with Gasteiger partial charge in [0.15, 0.2) is 0 Å². The van der Waals surface area contributed by atoms with E-state index in [0.717, 1.165) is 13.1 Å². The maximum Gasteiger partial charge on any atom is 0.137 e. The van der Waals surface area contributed by atoms with Crippen molar-refractivity contribution >= 4 is 5.78 Å². The smallest absolute Gasteiger partial charge is 0.137 e. The monoisotopic (exact) mass is 263 g/mol. The summed E-state index contributed by atoms with van der Waals surface area (Å²) in [4.78, 5) is 12.0. The van der Waals surface area contributed by atoms with Crippen LogP contribution in [0.5, 0.6) is 0 Å². The molecule has 1 saturated heterocycles. The number of benzene rings is 1. The van der Waals surface area contributed by atoms with E-state index in [1.165, 1.54) is 18.9 Å². The van der Waals surface area contributed by atoms with Gasteiger partial charge in [-0.2, -0.15) is 0 Å². The largest absolute Gasteiger partial charge is 0.316 e. The number of Topliss-reactive ketones (excluding diaryl/α,β-unsaturated/α-hetero) is 1. The molecule has 0 amide bonds. The molecule has 19 heavy (non-hydrogen) atoms. The minimum Gasteiger partial charge on any atom is -0.316 e. The molecular weight excluding hydrogens is 241 g/mol. The van der Waals surface area contributed by atoms with Gasteiger partial charge in [0, 0.05) is 12.8 Å². The molecule has 1 N–H and O–H groups in total. The highest BCUT2D eigenvalue weighted by molar-refractivity contribution is 5.81. The molecule has 1 aromatic rings. The van der Waals surface area contributed by atoms with Crippen LogP contribution in [0.15, 0.2) is 24.3 Å². The average Bonchev–Trinajstić information content (AvgIpc) is 2.42. The number of hydrogen-bond donors (Lipinski definition) is 1. The van der Waals surface area contributed by atoms with E-state index in [0.29, 0.717) is 23.8 Å². The summed E-state index contributed by atoms with van der Waals surface area (Å²) < 4.78 is 13.5. The van der Waals surface area contributed by atoms with E-state index in [4.69, 9.17) is 0 Å². The van der Waals surface area contributed by atoms with Gasteiger partial charge in [0.25, 0.3) is 0 Å². The molecular formula is C16H22FNO. The van der Waals surface area contributed by atoms with Crippen LogP contribution in [-0.4, -0.2) is 18.9 Å². The molecule has 0 saturated carbocycles. The fraction of sp³-hybridized carbons (Fsp3) is 0.562. The molecule has 1 aliphatic rings. The standard InChI is InChI=1S/C16H22FNO/c1-12(14-6-4-8-18-11-14)9-15(19)10-13-5-2-3-7-16(13)17/h2-3,5,7,12,14,18H,4,6,8-11H2,1H3. The number of carbonyl (C=O) groups excluding carboxylic acids is 1. The van der Waals surface area contributed by atoms with Crippen LogP contribution in [0.4, 0.5) is 4.39 Å². The summed E-state index contributed by atoms with van der Waals surface area (Å²) >= 11 is 0. The van der Waals surface area contributed by atoms with E-state index in [1.54, 1.807) is 18.2 Å². The number of hydrogen-bond acceptors (Lipinski definition) is 2. The average molecular weight is 263 g/mol. The minimum atomic E-state index is -0.275.